The number of Topliss-reactive ketones (excluding diaryl/α,β-unsaturated/α-hetero) is 1. The molecule has 3 nitrogen and oxygen atoms in total. The summed E-state index contributed by atoms with van der Waals surface area (Å²) >= 11 is 0. The molecule has 0 rings (SSSR count). The summed E-state index contributed by atoms with van der Waals surface area (Å²) in [4.78, 5) is 22.3. The van der Waals surface area contributed by atoms with Gasteiger partial charge in [0, 0.05) is 18.9 Å². The first-order chi connectivity index (χ1) is 7.38. The maximum absolute atomic E-state index is 11.4. The molecule has 0 bridgehead atoms. The summed E-state index contributed by atoms with van der Waals surface area (Å²) in [5.41, 5.74) is 1.68. The first kappa shape index (κ1) is 14.6. The Hall–Kier alpha value is -1.38. The molecule has 0 saturated heterocycles. The second kappa shape index (κ2) is 6.99. The summed E-state index contributed by atoms with van der Waals surface area (Å²) in [7, 11) is 0. The number of esters is 1. The first-order valence-corrected chi connectivity index (χ1v) is 5.36. The Bertz CT molecular complexity index is 320. The summed E-state index contributed by atoms with van der Waals surface area (Å²) in [6.07, 6.45) is 3.74. The van der Waals surface area contributed by atoms with Crippen LogP contribution in [0.25, 0.3) is 0 Å². The smallest absolute Gasteiger partial charge is 0.303 e. The van der Waals surface area contributed by atoms with Crippen LogP contribution in [0.4, 0.5) is 0 Å². The summed E-state index contributed by atoms with van der Waals surface area (Å²) in [5, 5.41) is 0. The van der Waals surface area contributed by atoms with Crippen LogP contribution >= 0.6 is 0 Å². The van der Waals surface area contributed by atoms with Crippen LogP contribution in [0, 0.1) is 0 Å². The number of ketones is 1. The average molecular weight is 224 g/mol. The molecule has 0 aliphatic rings. The molecule has 0 fully saturated rings. The van der Waals surface area contributed by atoms with E-state index >= 15 is 0 Å². The van der Waals surface area contributed by atoms with E-state index in [9.17, 15) is 9.59 Å². The van der Waals surface area contributed by atoms with Gasteiger partial charge < -0.3 is 4.74 Å². The molecular formula is C13H20O3. The number of carbonyl (C=O) groups excluding carboxylic acids is 2. The first-order valence-electron chi connectivity index (χ1n) is 5.36. The number of hydrogen-bond acceptors (Lipinski definition) is 3. The molecule has 0 saturated carbocycles. The zero-order valence-corrected chi connectivity index (χ0v) is 10.7. The molecule has 3 heteroatoms. The molecule has 16 heavy (non-hydrogen) atoms. The van der Waals surface area contributed by atoms with Crippen molar-refractivity contribution in [2.75, 3.05) is 0 Å². The van der Waals surface area contributed by atoms with Crippen molar-refractivity contribution in [1.82, 2.24) is 0 Å². The summed E-state index contributed by atoms with van der Waals surface area (Å²) in [6, 6.07) is 0. The van der Waals surface area contributed by atoms with Gasteiger partial charge in [-0.1, -0.05) is 17.7 Å². The van der Waals surface area contributed by atoms with E-state index in [0.29, 0.717) is 12.0 Å². The Morgan fingerprint density at radius 2 is 1.75 bits per heavy atom. The van der Waals surface area contributed by atoms with E-state index in [1.165, 1.54) is 13.8 Å². The van der Waals surface area contributed by atoms with Crippen molar-refractivity contribution in [3.8, 4) is 0 Å². The van der Waals surface area contributed by atoms with E-state index in [1.807, 2.05) is 19.9 Å². The normalized spacial score (nSPS) is 12.9. The van der Waals surface area contributed by atoms with E-state index in [1.54, 1.807) is 13.0 Å². The fourth-order valence-electron chi connectivity index (χ4n) is 1.40. The molecule has 0 aromatic rings. The summed E-state index contributed by atoms with van der Waals surface area (Å²) < 4.78 is 5.14. The lowest BCUT2D eigenvalue weighted by Crippen LogP contribution is -2.22. The molecule has 1 atom stereocenters. The van der Waals surface area contributed by atoms with Crippen LogP contribution in [-0.2, 0) is 14.3 Å². The minimum atomic E-state index is -0.463. The number of allylic oxidation sites excluding steroid dienone is 2. The number of carbonyl (C=O) groups is 2. The van der Waals surface area contributed by atoms with Gasteiger partial charge in [-0.15, -0.1) is 0 Å². The van der Waals surface area contributed by atoms with Gasteiger partial charge in [0.25, 0.3) is 0 Å². The van der Waals surface area contributed by atoms with Gasteiger partial charge in [0.15, 0.2) is 5.78 Å². The van der Waals surface area contributed by atoms with Crippen LogP contribution in [0.5, 0.6) is 0 Å². The monoisotopic (exact) mass is 224 g/mol. The summed E-state index contributed by atoms with van der Waals surface area (Å²) in [5.74, 6) is -0.427. The molecule has 0 spiro atoms. The molecule has 0 aromatic carbocycles. The third-order valence-corrected chi connectivity index (χ3v) is 2.11. The topological polar surface area (TPSA) is 43.4 Å². The summed E-state index contributed by atoms with van der Waals surface area (Å²) in [6.45, 7) is 8.54. The number of rotatable bonds is 5. The van der Waals surface area contributed by atoms with Crippen molar-refractivity contribution in [2.45, 2.75) is 47.1 Å². The molecule has 90 valence electrons. The Morgan fingerprint density at radius 1 is 1.19 bits per heavy atom. The molecule has 0 heterocycles. The van der Waals surface area contributed by atoms with Crippen molar-refractivity contribution >= 4 is 11.8 Å². The molecule has 0 amide bonds. The van der Waals surface area contributed by atoms with Gasteiger partial charge in [-0.05, 0) is 27.7 Å². The zero-order chi connectivity index (χ0) is 12.7. The van der Waals surface area contributed by atoms with E-state index in [4.69, 9.17) is 4.74 Å². The van der Waals surface area contributed by atoms with E-state index in [0.717, 1.165) is 5.57 Å². The highest BCUT2D eigenvalue weighted by molar-refractivity contribution is 5.94. The van der Waals surface area contributed by atoms with Gasteiger partial charge in [-0.3, -0.25) is 9.59 Å². The van der Waals surface area contributed by atoms with Crippen LogP contribution in [0.1, 0.15) is 41.0 Å². The van der Waals surface area contributed by atoms with Crippen molar-refractivity contribution in [3.05, 3.63) is 23.3 Å². The lowest BCUT2D eigenvalue weighted by Gasteiger charge is -2.17. The third kappa shape index (κ3) is 5.49. The SMILES string of the molecule is C/C=C(\C(C)=O)C(CC=C(C)C)OC(C)=O. The van der Waals surface area contributed by atoms with Gasteiger partial charge in [0.1, 0.15) is 6.10 Å². The average Bonchev–Trinajstić information content (AvgIpc) is 2.13. The fourth-order valence-corrected chi connectivity index (χ4v) is 1.40. The van der Waals surface area contributed by atoms with Gasteiger partial charge in [0.05, 0.1) is 0 Å². The minimum Gasteiger partial charge on any atom is -0.457 e. The van der Waals surface area contributed by atoms with Crippen molar-refractivity contribution in [2.24, 2.45) is 0 Å². The molecule has 0 aliphatic carbocycles. The van der Waals surface area contributed by atoms with E-state index in [-0.39, 0.29) is 11.8 Å². The van der Waals surface area contributed by atoms with Crippen LogP contribution in [0.15, 0.2) is 23.3 Å². The second-order valence-corrected chi connectivity index (χ2v) is 3.92. The Labute approximate surface area is 97.2 Å². The highest BCUT2D eigenvalue weighted by Gasteiger charge is 2.19. The largest absolute Gasteiger partial charge is 0.457 e. The predicted molar refractivity (Wildman–Crippen MR) is 64.0 cm³/mol. The highest BCUT2D eigenvalue weighted by Crippen LogP contribution is 2.14. The second-order valence-electron chi connectivity index (χ2n) is 3.92. The highest BCUT2D eigenvalue weighted by atomic mass is 16.5. The van der Waals surface area contributed by atoms with Crippen molar-refractivity contribution in [3.63, 3.8) is 0 Å². The maximum Gasteiger partial charge on any atom is 0.303 e. The predicted octanol–water partition coefficient (Wildman–Crippen LogP) is 2.81. The van der Waals surface area contributed by atoms with E-state index in [2.05, 4.69) is 0 Å². The van der Waals surface area contributed by atoms with Crippen LogP contribution in [0.3, 0.4) is 0 Å². The fraction of sp³-hybridized carbons (Fsp3) is 0.538. The quantitative estimate of drug-likeness (QED) is 0.410. The van der Waals surface area contributed by atoms with Gasteiger partial charge in [-0.2, -0.15) is 0 Å². The zero-order valence-electron chi connectivity index (χ0n) is 10.7. The van der Waals surface area contributed by atoms with Gasteiger partial charge in [-0.25, -0.2) is 0 Å². The van der Waals surface area contributed by atoms with Crippen molar-refractivity contribution < 1.29 is 14.3 Å². The van der Waals surface area contributed by atoms with Gasteiger partial charge >= 0.3 is 5.97 Å². The van der Waals surface area contributed by atoms with Crippen LogP contribution in [0.2, 0.25) is 0 Å². The Balaban J connectivity index is 4.85. The van der Waals surface area contributed by atoms with E-state index < -0.39 is 6.10 Å². The Kier molecular flexibility index (Phi) is 6.38. The standard InChI is InChI=1S/C13H20O3/c1-6-12(10(4)14)13(16-11(5)15)8-7-9(2)3/h6-7,13H,8H2,1-5H3/b12-6+. The molecule has 0 aromatic heterocycles. The van der Waals surface area contributed by atoms with Crippen LogP contribution in [-0.4, -0.2) is 17.9 Å². The van der Waals surface area contributed by atoms with Crippen molar-refractivity contribution in [1.29, 1.82) is 0 Å². The molecular weight excluding hydrogens is 204 g/mol. The third-order valence-electron chi connectivity index (χ3n) is 2.11. The maximum atomic E-state index is 11.4. The Morgan fingerprint density at radius 3 is 2.06 bits per heavy atom. The van der Waals surface area contributed by atoms with Gasteiger partial charge in [0.2, 0.25) is 0 Å². The lowest BCUT2D eigenvalue weighted by molar-refractivity contribution is -0.144. The minimum absolute atomic E-state index is 0.0593. The number of hydrogen-bond donors (Lipinski definition) is 0. The lowest BCUT2D eigenvalue weighted by atomic mass is 10.0. The number of ether oxygens (including phenoxy) is 1. The molecule has 1 unspecified atom stereocenters. The van der Waals surface area contributed by atoms with Crippen LogP contribution < -0.4 is 0 Å². The molecule has 0 radical (unpaired) electrons. The molecule has 0 N–H and O–H groups in total. The molecule has 0 aliphatic heterocycles.